The Hall–Kier alpha value is -0.0400. The van der Waals surface area contributed by atoms with E-state index in [2.05, 4.69) is 18.7 Å². The normalized spacial score (nSPS) is 21.4. The van der Waals surface area contributed by atoms with E-state index in [-0.39, 0.29) is 7.43 Å². The first-order chi connectivity index (χ1) is 7.72. The van der Waals surface area contributed by atoms with Crippen molar-refractivity contribution >= 4 is 0 Å². The topological polar surface area (TPSA) is 3.24 Å². The standard InChI is InChI=1S/C11H21N.2C2H6.CH4/c1-10(2)12-8-7-11(9-12)5-3-4-6-11;2*1-2;/h10H,3-9H2,1-2H3;2*1-2H3;1H4. The third-order valence-electron chi connectivity index (χ3n) is 3.86. The molecule has 0 aromatic heterocycles. The molecule has 2 fully saturated rings. The van der Waals surface area contributed by atoms with Crippen molar-refractivity contribution in [3.8, 4) is 0 Å². The summed E-state index contributed by atoms with van der Waals surface area (Å²) in [5, 5.41) is 0. The Bertz CT molecular complexity index is 157. The predicted molar refractivity (Wildman–Crippen MR) is 81.7 cm³/mol. The van der Waals surface area contributed by atoms with Gasteiger partial charge in [-0.15, -0.1) is 0 Å². The maximum atomic E-state index is 2.66. The quantitative estimate of drug-likeness (QED) is 0.600. The Balaban J connectivity index is 0. The average molecular weight is 243 g/mol. The minimum Gasteiger partial charge on any atom is -0.300 e. The molecule has 2 aliphatic rings. The van der Waals surface area contributed by atoms with Crippen LogP contribution in [0.4, 0.5) is 0 Å². The molecule has 106 valence electrons. The highest BCUT2D eigenvalue weighted by atomic mass is 15.2. The van der Waals surface area contributed by atoms with Crippen molar-refractivity contribution in [2.75, 3.05) is 13.1 Å². The number of nitrogens with zero attached hydrogens (tertiary/aromatic N) is 1. The summed E-state index contributed by atoms with van der Waals surface area (Å²) in [6.07, 6.45) is 7.48. The van der Waals surface area contributed by atoms with E-state index >= 15 is 0 Å². The highest BCUT2D eigenvalue weighted by Crippen LogP contribution is 2.45. The van der Waals surface area contributed by atoms with Crippen molar-refractivity contribution in [2.45, 2.75) is 87.1 Å². The molecule has 0 atom stereocenters. The number of hydrogen-bond acceptors (Lipinski definition) is 1. The van der Waals surface area contributed by atoms with E-state index < -0.39 is 0 Å². The van der Waals surface area contributed by atoms with Crippen molar-refractivity contribution in [1.29, 1.82) is 0 Å². The van der Waals surface area contributed by atoms with Gasteiger partial charge in [0.2, 0.25) is 0 Å². The lowest BCUT2D eigenvalue weighted by atomic mass is 9.86. The van der Waals surface area contributed by atoms with Gasteiger partial charge in [0.1, 0.15) is 0 Å². The largest absolute Gasteiger partial charge is 0.300 e. The van der Waals surface area contributed by atoms with Gasteiger partial charge in [0.25, 0.3) is 0 Å². The average Bonchev–Trinajstić information content (AvgIpc) is 2.96. The smallest absolute Gasteiger partial charge is 0.00412 e. The second kappa shape index (κ2) is 9.94. The first-order valence-electron chi connectivity index (χ1n) is 7.46. The van der Waals surface area contributed by atoms with Crippen LogP contribution in [0.2, 0.25) is 0 Å². The molecule has 0 N–H and O–H groups in total. The fourth-order valence-corrected chi connectivity index (χ4v) is 2.94. The SMILES string of the molecule is C.CC.CC.CC(C)N1CCC2(CCCC2)C1. The molecule has 1 aliphatic heterocycles. The molecule has 1 saturated carbocycles. The second-order valence-electron chi connectivity index (χ2n) is 5.02. The van der Waals surface area contributed by atoms with Crippen LogP contribution in [-0.4, -0.2) is 24.0 Å². The summed E-state index contributed by atoms with van der Waals surface area (Å²) < 4.78 is 0. The van der Waals surface area contributed by atoms with Crippen LogP contribution < -0.4 is 0 Å². The highest BCUT2D eigenvalue weighted by Gasteiger charge is 2.40. The van der Waals surface area contributed by atoms with Crippen LogP contribution >= 0.6 is 0 Å². The van der Waals surface area contributed by atoms with Crippen LogP contribution in [0.15, 0.2) is 0 Å². The lowest BCUT2D eigenvalue weighted by Crippen LogP contribution is -2.30. The zero-order chi connectivity index (χ0) is 12.6. The summed E-state index contributed by atoms with van der Waals surface area (Å²) in [7, 11) is 0. The molecular weight excluding hydrogens is 206 g/mol. The number of rotatable bonds is 1. The van der Waals surface area contributed by atoms with Crippen LogP contribution in [0, 0.1) is 5.41 Å². The van der Waals surface area contributed by atoms with E-state index in [9.17, 15) is 0 Å². The van der Waals surface area contributed by atoms with Gasteiger partial charge >= 0.3 is 0 Å². The van der Waals surface area contributed by atoms with Crippen molar-refractivity contribution in [3.05, 3.63) is 0 Å². The van der Waals surface area contributed by atoms with Crippen molar-refractivity contribution in [1.82, 2.24) is 4.90 Å². The molecule has 0 unspecified atom stereocenters. The van der Waals surface area contributed by atoms with E-state index in [4.69, 9.17) is 0 Å². The van der Waals surface area contributed by atoms with E-state index in [1.807, 2.05) is 27.7 Å². The Kier molecular flexibility index (Phi) is 11.3. The molecule has 0 bridgehead atoms. The van der Waals surface area contributed by atoms with Gasteiger partial charge in [0.15, 0.2) is 0 Å². The summed E-state index contributed by atoms with van der Waals surface area (Å²) in [6.45, 7) is 15.4. The van der Waals surface area contributed by atoms with Gasteiger partial charge in [-0.2, -0.15) is 0 Å². The van der Waals surface area contributed by atoms with E-state index in [0.29, 0.717) is 0 Å². The maximum Gasteiger partial charge on any atom is 0.00412 e. The summed E-state index contributed by atoms with van der Waals surface area (Å²) in [4.78, 5) is 2.66. The van der Waals surface area contributed by atoms with Crippen molar-refractivity contribution in [3.63, 3.8) is 0 Å². The Labute approximate surface area is 111 Å². The van der Waals surface area contributed by atoms with E-state index in [0.717, 1.165) is 11.5 Å². The van der Waals surface area contributed by atoms with E-state index in [1.54, 1.807) is 0 Å². The highest BCUT2D eigenvalue weighted by molar-refractivity contribution is 4.93. The first-order valence-corrected chi connectivity index (χ1v) is 7.46. The Morgan fingerprint density at radius 2 is 1.35 bits per heavy atom. The lowest BCUT2D eigenvalue weighted by Gasteiger charge is -2.25. The molecule has 1 spiro atoms. The lowest BCUT2D eigenvalue weighted by molar-refractivity contribution is 0.225. The molecular formula is C16H37N. The minimum absolute atomic E-state index is 0. The Morgan fingerprint density at radius 3 is 1.71 bits per heavy atom. The number of likely N-dealkylation sites (tertiary alicyclic amines) is 1. The van der Waals surface area contributed by atoms with Gasteiger partial charge in [0.05, 0.1) is 0 Å². The molecule has 1 aliphatic carbocycles. The zero-order valence-corrected chi connectivity index (χ0v) is 12.5. The van der Waals surface area contributed by atoms with Crippen LogP contribution in [0.1, 0.15) is 81.1 Å². The van der Waals surface area contributed by atoms with Gasteiger partial charge in [0, 0.05) is 12.6 Å². The van der Waals surface area contributed by atoms with Crippen molar-refractivity contribution in [2.24, 2.45) is 5.41 Å². The molecule has 1 heterocycles. The molecule has 1 nitrogen and oxygen atoms in total. The first kappa shape index (κ1) is 19.3. The van der Waals surface area contributed by atoms with Gasteiger partial charge in [-0.3, -0.25) is 0 Å². The molecule has 2 rings (SSSR count). The second-order valence-corrected chi connectivity index (χ2v) is 5.02. The molecule has 1 heteroatoms. The van der Waals surface area contributed by atoms with Crippen LogP contribution in [0.5, 0.6) is 0 Å². The van der Waals surface area contributed by atoms with Crippen LogP contribution in [0.3, 0.4) is 0 Å². The fourth-order valence-electron chi connectivity index (χ4n) is 2.94. The third-order valence-corrected chi connectivity index (χ3v) is 3.86. The Morgan fingerprint density at radius 1 is 0.882 bits per heavy atom. The molecule has 17 heavy (non-hydrogen) atoms. The molecule has 0 aromatic rings. The van der Waals surface area contributed by atoms with Gasteiger partial charge in [-0.25, -0.2) is 0 Å². The van der Waals surface area contributed by atoms with Gasteiger partial charge < -0.3 is 4.90 Å². The van der Waals surface area contributed by atoms with Gasteiger partial charge in [-0.1, -0.05) is 48.0 Å². The maximum absolute atomic E-state index is 2.66. The summed E-state index contributed by atoms with van der Waals surface area (Å²) in [5.41, 5.74) is 0.768. The molecule has 1 saturated heterocycles. The van der Waals surface area contributed by atoms with Crippen LogP contribution in [-0.2, 0) is 0 Å². The summed E-state index contributed by atoms with van der Waals surface area (Å²) >= 11 is 0. The minimum atomic E-state index is 0. The zero-order valence-electron chi connectivity index (χ0n) is 12.5. The monoisotopic (exact) mass is 243 g/mol. The number of hydrogen-bond donors (Lipinski definition) is 0. The molecule has 0 aromatic carbocycles. The van der Waals surface area contributed by atoms with Crippen molar-refractivity contribution < 1.29 is 0 Å². The summed E-state index contributed by atoms with van der Waals surface area (Å²) in [5.74, 6) is 0. The van der Waals surface area contributed by atoms with E-state index in [1.165, 1.54) is 45.2 Å². The molecule has 0 amide bonds. The van der Waals surface area contributed by atoms with Crippen LogP contribution in [0.25, 0.3) is 0 Å². The van der Waals surface area contributed by atoms with Gasteiger partial charge in [-0.05, 0) is 45.1 Å². The third kappa shape index (κ3) is 5.42. The fraction of sp³-hybridized carbons (Fsp3) is 1.00. The predicted octanol–water partition coefficient (Wildman–Crippen LogP) is 5.35. The molecule has 0 radical (unpaired) electrons. The summed E-state index contributed by atoms with van der Waals surface area (Å²) in [6, 6.07) is 0.768.